The molecule has 1 aliphatic heterocycles. The lowest BCUT2D eigenvalue weighted by molar-refractivity contribution is -0.131. The van der Waals surface area contributed by atoms with Crippen LogP contribution in [0.1, 0.15) is 12.5 Å². The average molecular weight is 337 g/mol. The van der Waals surface area contributed by atoms with Crippen LogP contribution >= 0.6 is 0 Å². The zero-order valence-corrected chi connectivity index (χ0v) is 14.0. The highest BCUT2D eigenvalue weighted by Crippen LogP contribution is 2.05. The summed E-state index contributed by atoms with van der Waals surface area (Å²) < 4.78 is 17.8. The van der Waals surface area contributed by atoms with Gasteiger partial charge in [-0.25, -0.2) is 9.18 Å². The van der Waals surface area contributed by atoms with Gasteiger partial charge in [0.2, 0.25) is 5.91 Å². The summed E-state index contributed by atoms with van der Waals surface area (Å²) in [6.45, 7) is 5.10. The number of carbonyl (C=O) groups excluding carboxylic acids is 2. The van der Waals surface area contributed by atoms with Crippen molar-refractivity contribution < 1.29 is 18.7 Å². The maximum atomic E-state index is 12.8. The Bertz CT molecular complexity index is 543. The normalized spacial score (nSPS) is 14.6. The van der Waals surface area contributed by atoms with Gasteiger partial charge in [0.1, 0.15) is 5.82 Å². The van der Waals surface area contributed by atoms with E-state index in [2.05, 4.69) is 5.32 Å². The molecule has 1 saturated heterocycles. The van der Waals surface area contributed by atoms with E-state index in [4.69, 9.17) is 4.74 Å². The Morgan fingerprint density at radius 3 is 2.38 bits per heavy atom. The molecule has 0 saturated carbocycles. The van der Waals surface area contributed by atoms with Crippen molar-refractivity contribution in [3.8, 4) is 0 Å². The lowest BCUT2D eigenvalue weighted by Crippen LogP contribution is -2.52. The van der Waals surface area contributed by atoms with Crippen molar-refractivity contribution in [1.82, 2.24) is 15.1 Å². The molecule has 1 fully saturated rings. The van der Waals surface area contributed by atoms with Crippen molar-refractivity contribution >= 4 is 12.0 Å². The van der Waals surface area contributed by atoms with E-state index in [0.717, 1.165) is 12.0 Å². The molecule has 0 aliphatic carbocycles. The highest BCUT2D eigenvalue weighted by molar-refractivity contribution is 5.78. The molecular weight excluding hydrogens is 313 g/mol. The van der Waals surface area contributed by atoms with Crippen molar-refractivity contribution in [3.63, 3.8) is 0 Å². The smallest absolute Gasteiger partial charge is 0.409 e. The van der Waals surface area contributed by atoms with E-state index in [-0.39, 0.29) is 24.4 Å². The van der Waals surface area contributed by atoms with Gasteiger partial charge in [-0.3, -0.25) is 4.79 Å². The predicted molar refractivity (Wildman–Crippen MR) is 88.1 cm³/mol. The quantitative estimate of drug-likeness (QED) is 0.794. The van der Waals surface area contributed by atoms with Crippen LogP contribution < -0.4 is 5.32 Å². The van der Waals surface area contributed by atoms with E-state index in [1.54, 1.807) is 28.9 Å². The Hall–Kier alpha value is -2.15. The van der Waals surface area contributed by atoms with Gasteiger partial charge in [-0.2, -0.15) is 0 Å². The van der Waals surface area contributed by atoms with Crippen LogP contribution in [0.2, 0.25) is 0 Å². The minimum Gasteiger partial charge on any atom is -0.450 e. The largest absolute Gasteiger partial charge is 0.450 e. The maximum absolute atomic E-state index is 12.8. The van der Waals surface area contributed by atoms with E-state index in [1.807, 2.05) is 0 Å². The molecule has 1 aromatic rings. The lowest BCUT2D eigenvalue weighted by atomic mass is 10.1. The second-order valence-electron chi connectivity index (χ2n) is 5.62. The Morgan fingerprint density at radius 2 is 1.75 bits per heavy atom. The fourth-order valence-corrected chi connectivity index (χ4v) is 2.54. The van der Waals surface area contributed by atoms with Crippen molar-refractivity contribution in [2.24, 2.45) is 0 Å². The van der Waals surface area contributed by atoms with Gasteiger partial charge >= 0.3 is 6.09 Å². The molecule has 132 valence electrons. The number of carbonyl (C=O) groups is 2. The standard InChI is InChI=1S/C17H24FN3O3/c1-2-24-17(23)21-11-9-20(10-12-21)16(22)13-19-8-7-14-3-5-15(18)6-4-14/h3-6,19H,2,7-13H2,1H3. The molecule has 0 bridgehead atoms. The number of ether oxygens (including phenoxy) is 1. The van der Waals surface area contributed by atoms with Crippen molar-refractivity contribution in [3.05, 3.63) is 35.6 Å². The van der Waals surface area contributed by atoms with Gasteiger partial charge in [0.05, 0.1) is 13.2 Å². The molecular formula is C17H24FN3O3. The van der Waals surface area contributed by atoms with Crippen LogP contribution in [0, 0.1) is 5.82 Å². The third-order valence-electron chi connectivity index (χ3n) is 3.94. The number of hydrogen-bond donors (Lipinski definition) is 1. The summed E-state index contributed by atoms with van der Waals surface area (Å²) in [4.78, 5) is 27.1. The first-order valence-corrected chi connectivity index (χ1v) is 8.24. The van der Waals surface area contributed by atoms with Gasteiger partial charge in [0, 0.05) is 26.2 Å². The molecule has 0 aromatic heterocycles. The number of nitrogens with zero attached hydrogens (tertiary/aromatic N) is 2. The molecule has 1 aliphatic rings. The van der Waals surface area contributed by atoms with Gasteiger partial charge in [0.15, 0.2) is 0 Å². The minimum atomic E-state index is -0.318. The molecule has 1 heterocycles. The number of nitrogens with one attached hydrogen (secondary N) is 1. The minimum absolute atomic E-state index is 0.0256. The number of hydrogen-bond acceptors (Lipinski definition) is 4. The zero-order valence-electron chi connectivity index (χ0n) is 14.0. The summed E-state index contributed by atoms with van der Waals surface area (Å²) in [5, 5.41) is 3.11. The van der Waals surface area contributed by atoms with Gasteiger partial charge in [-0.15, -0.1) is 0 Å². The summed E-state index contributed by atoms with van der Waals surface area (Å²) in [6.07, 6.45) is 0.423. The highest BCUT2D eigenvalue weighted by Gasteiger charge is 2.24. The van der Waals surface area contributed by atoms with E-state index in [0.29, 0.717) is 39.3 Å². The van der Waals surface area contributed by atoms with Gasteiger partial charge in [0.25, 0.3) is 0 Å². The predicted octanol–water partition coefficient (Wildman–Crippen LogP) is 1.26. The summed E-state index contributed by atoms with van der Waals surface area (Å²) in [6, 6.07) is 6.36. The van der Waals surface area contributed by atoms with Crippen LogP contribution in [0.15, 0.2) is 24.3 Å². The number of rotatable bonds is 6. The van der Waals surface area contributed by atoms with Gasteiger partial charge < -0.3 is 19.9 Å². The molecule has 2 rings (SSSR count). The van der Waals surface area contributed by atoms with Crippen molar-refractivity contribution in [1.29, 1.82) is 0 Å². The molecule has 1 N–H and O–H groups in total. The Morgan fingerprint density at radius 1 is 1.12 bits per heavy atom. The molecule has 0 spiro atoms. The molecule has 0 unspecified atom stereocenters. The molecule has 24 heavy (non-hydrogen) atoms. The van der Waals surface area contributed by atoms with Gasteiger partial charge in [-0.05, 0) is 37.6 Å². The third kappa shape index (κ3) is 5.49. The number of benzene rings is 1. The summed E-state index contributed by atoms with van der Waals surface area (Å²) >= 11 is 0. The molecule has 0 radical (unpaired) electrons. The molecule has 2 amide bonds. The Balaban J connectivity index is 1.63. The topological polar surface area (TPSA) is 61.9 Å². The van der Waals surface area contributed by atoms with Crippen molar-refractivity contribution in [2.75, 3.05) is 45.9 Å². The summed E-state index contributed by atoms with van der Waals surface area (Å²) in [5.74, 6) is -0.221. The molecule has 0 atom stereocenters. The fraction of sp³-hybridized carbons (Fsp3) is 0.529. The Labute approximate surface area is 141 Å². The third-order valence-corrected chi connectivity index (χ3v) is 3.94. The monoisotopic (exact) mass is 337 g/mol. The molecule has 6 nitrogen and oxygen atoms in total. The van der Waals surface area contributed by atoms with E-state index in [1.165, 1.54) is 12.1 Å². The van der Waals surface area contributed by atoms with Crippen LogP contribution in [0.5, 0.6) is 0 Å². The second-order valence-corrected chi connectivity index (χ2v) is 5.62. The molecule has 7 heteroatoms. The lowest BCUT2D eigenvalue weighted by Gasteiger charge is -2.34. The zero-order chi connectivity index (χ0) is 17.4. The van der Waals surface area contributed by atoms with E-state index in [9.17, 15) is 14.0 Å². The van der Waals surface area contributed by atoms with Crippen molar-refractivity contribution in [2.45, 2.75) is 13.3 Å². The highest BCUT2D eigenvalue weighted by atomic mass is 19.1. The Kier molecular flexibility index (Phi) is 6.99. The van der Waals surface area contributed by atoms with Crippen LogP contribution in [-0.2, 0) is 16.0 Å². The first-order chi connectivity index (χ1) is 11.6. The average Bonchev–Trinajstić information content (AvgIpc) is 2.60. The van der Waals surface area contributed by atoms with Crippen LogP contribution in [0.4, 0.5) is 9.18 Å². The van der Waals surface area contributed by atoms with E-state index < -0.39 is 0 Å². The number of halogens is 1. The van der Waals surface area contributed by atoms with E-state index >= 15 is 0 Å². The van der Waals surface area contributed by atoms with Gasteiger partial charge in [-0.1, -0.05) is 12.1 Å². The van der Waals surface area contributed by atoms with Crippen LogP contribution in [-0.4, -0.2) is 67.7 Å². The van der Waals surface area contributed by atoms with Crippen LogP contribution in [0.3, 0.4) is 0 Å². The molecule has 1 aromatic carbocycles. The number of amides is 2. The first-order valence-electron chi connectivity index (χ1n) is 8.24. The van der Waals surface area contributed by atoms with Crippen LogP contribution in [0.25, 0.3) is 0 Å². The number of piperazine rings is 1. The second kappa shape index (κ2) is 9.22. The summed E-state index contributed by atoms with van der Waals surface area (Å²) in [7, 11) is 0. The summed E-state index contributed by atoms with van der Waals surface area (Å²) in [5.41, 5.74) is 1.03. The first kappa shape index (κ1) is 18.2. The SMILES string of the molecule is CCOC(=O)N1CCN(C(=O)CNCCc2ccc(F)cc2)CC1. The fourth-order valence-electron chi connectivity index (χ4n) is 2.54. The maximum Gasteiger partial charge on any atom is 0.409 e.